The lowest BCUT2D eigenvalue weighted by atomic mass is 10.3. The van der Waals surface area contributed by atoms with E-state index < -0.39 is 6.10 Å². The molecule has 0 aliphatic carbocycles. The summed E-state index contributed by atoms with van der Waals surface area (Å²) in [6.07, 6.45) is 0.624. The molecule has 0 aromatic carbocycles. The van der Waals surface area contributed by atoms with E-state index in [1.54, 1.807) is 20.3 Å². The van der Waals surface area contributed by atoms with Crippen molar-refractivity contribution in [2.24, 2.45) is 14.1 Å². The SMILES string of the molecule is Cn1cc(C(O)c2nnn(C)n2)nn1. The summed E-state index contributed by atoms with van der Waals surface area (Å²) >= 11 is 0. The highest BCUT2D eigenvalue weighted by molar-refractivity contribution is 5.07. The van der Waals surface area contributed by atoms with Gasteiger partial charge in [-0.3, -0.25) is 4.68 Å². The van der Waals surface area contributed by atoms with Gasteiger partial charge < -0.3 is 5.11 Å². The van der Waals surface area contributed by atoms with Crippen LogP contribution in [0.15, 0.2) is 6.20 Å². The van der Waals surface area contributed by atoms with Crippen molar-refractivity contribution in [1.29, 1.82) is 0 Å². The normalized spacial score (nSPS) is 13.1. The molecule has 8 nitrogen and oxygen atoms in total. The number of tetrazole rings is 1. The van der Waals surface area contributed by atoms with E-state index in [2.05, 4.69) is 25.7 Å². The van der Waals surface area contributed by atoms with Crippen molar-refractivity contribution >= 4 is 0 Å². The fraction of sp³-hybridized carbons (Fsp3) is 0.500. The van der Waals surface area contributed by atoms with E-state index in [-0.39, 0.29) is 5.82 Å². The minimum Gasteiger partial charge on any atom is -0.378 e. The number of aliphatic hydroxyl groups is 1. The van der Waals surface area contributed by atoms with E-state index in [4.69, 9.17) is 0 Å². The average Bonchev–Trinajstić information content (AvgIpc) is 2.73. The Kier molecular flexibility index (Phi) is 1.97. The lowest BCUT2D eigenvalue weighted by Crippen LogP contribution is -2.03. The third-order valence-corrected chi connectivity index (χ3v) is 1.67. The van der Waals surface area contributed by atoms with E-state index in [1.807, 2.05) is 0 Å². The molecule has 0 aliphatic rings. The van der Waals surface area contributed by atoms with E-state index in [0.29, 0.717) is 5.69 Å². The van der Waals surface area contributed by atoms with Crippen molar-refractivity contribution < 1.29 is 5.11 Å². The van der Waals surface area contributed by atoms with Gasteiger partial charge in [-0.25, -0.2) is 0 Å². The van der Waals surface area contributed by atoms with Gasteiger partial charge in [0, 0.05) is 7.05 Å². The Bertz CT molecular complexity index is 393. The maximum atomic E-state index is 9.72. The van der Waals surface area contributed by atoms with Crippen molar-refractivity contribution in [3.8, 4) is 0 Å². The summed E-state index contributed by atoms with van der Waals surface area (Å²) in [4.78, 5) is 1.27. The Labute approximate surface area is 79.2 Å². The molecular formula is C6H9N7O. The highest BCUT2D eigenvalue weighted by atomic mass is 16.3. The second-order valence-electron chi connectivity index (χ2n) is 2.86. The van der Waals surface area contributed by atoms with Gasteiger partial charge in [-0.1, -0.05) is 5.21 Å². The summed E-state index contributed by atoms with van der Waals surface area (Å²) in [5.74, 6) is 0.216. The molecule has 74 valence electrons. The number of hydrogen-bond acceptors (Lipinski definition) is 6. The monoisotopic (exact) mass is 195 g/mol. The van der Waals surface area contributed by atoms with E-state index in [9.17, 15) is 5.11 Å². The first-order valence-electron chi connectivity index (χ1n) is 3.95. The Balaban J connectivity index is 2.28. The third-order valence-electron chi connectivity index (χ3n) is 1.67. The molecule has 0 spiro atoms. The summed E-state index contributed by atoms with van der Waals surface area (Å²) in [7, 11) is 3.34. The average molecular weight is 195 g/mol. The first-order chi connectivity index (χ1) is 6.66. The van der Waals surface area contributed by atoms with Crippen LogP contribution < -0.4 is 0 Å². The zero-order valence-electron chi connectivity index (χ0n) is 7.73. The van der Waals surface area contributed by atoms with Crippen molar-refractivity contribution in [3.05, 3.63) is 17.7 Å². The number of hydrogen-bond donors (Lipinski definition) is 1. The van der Waals surface area contributed by atoms with Gasteiger partial charge >= 0.3 is 0 Å². The van der Waals surface area contributed by atoms with Gasteiger partial charge in [0.25, 0.3) is 0 Å². The summed E-state index contributed by atoms with van der Waals surface area (Å²) < 4.78 is 1.49. The van der Waals surface area contributed by atoms with Crippen molar-refractivity contribution in [2.75, 3.05) is 0 Å². The molecule has 14 heavy (non-hydrogen) atoms. The molecule has 0 radical (unpaired) electrons. The Morgan fingerprint density at radius 2 is 2.07 bits per heavy atom. The lowest BCUT2D eigenvalue weighted by Gasteiger charge is -1.98. The molecule has 8 heteroatoms. The fourth-order valence-corrected chi connectivity index (χ4v) is 1.03. The highest BCUT2D eigenvalue weighted by Gasteiger charge is 2.18. The second-order valence-corrected chi connectivity index (χ2v) is 2.86. The molecule has 0 bridgehead atoms. The van der Waals surface area contributed by atoms with Gasteiger partial charge in [0.2, 0.25) is 5.82 Å². The van der Waals surface area contributed by atoms with Crippen LogP contribution in [0.5, 0.6) is 0 Å². The quantitative estimate of drug-likeness (QED) is 0.621. The van der Waals surface area contributed by atoms with Gasteiger partial charge in [-0.05, 0) is 5.21 Å². The van der Waals surface area contributed by atoms with Crippen LogP contribution in [0.1, 0.15) is 17.6 Å². The molecule has 1 N–H and O–H groups in total. The molecule has 2 aromatic rings. The highest BCUT2D eigenvalue weighted by Crippen LogP contribution is 2.13. The number of aliphatic hydroxyl groups excluding tert-OH is 1. The summed E-state index contributed by atoms with van der Waals surface area (Å²) in [6.45, 7) is 0. The first-order valence-corrected chi connectivity index (χ1v) is 3.95. The van der Waals surface area contributed by atoms with Crippen molar-refractivity contribution in [3.63, 3.8) is 0 Å². The fourth-order valence-electron chi connectivity index (χ4n) is 1.03. The number of rotatable bonds is 2. The third kappa shape index (κ3) is 1.46. The molecule has 0 aliphatic heterocycles. The van der Waals surface area contributed by atoms with Gasteiger partial charge in [0.05, 0.1) is 13.2 Å². The van der Waals surface area contributed by atoms with Crippen LogP contribution >= 0.6 is 0 Å². The van der Waals surface area contributed by atoms with Crippen LogP contribution in [0, 0.1) is 0 Å². The number of aryl methyl sites for hydroxylation is 2. The Morgan fingerprint density at radius 3 is 2.57 bits per heavy atom. The first kappa shape index (κ1) is 8.75. The molecule has 0 fully saturated rings. The van der Waals surface area contributed by atoms with E-state index >= 15 is 0 Å². The maximum absolute atomic E-state index is 9.72. The van der Waals surface area contributed by atoms with Crippen molar-refractivity contribution in [2.45, 2.75) is 6.10 Å². The molecule has 1 unspecified atom stereocenters. The predicted molar refractivity (Wildman–Crippen MR) is 43.9 cm³/mol. The lowest BCUT2D eigenvalue weighted by molar-refractivity contribution is 0.204. The van der Waals surface area contributed by atoms with Gasteiger partial charge in [0.15, 0.2) is 6.10 Å². The Morgan fingerprint density at radius 1 is 1.29 bits per heavy atom. The van der Waals surface area contributed by atoms with Gasteiger partial charge in [-0.15, -0.1) is 15.3 Å². The zero-order valence-corrected chi connectivity index (χ0v) is 7.73. The van der Waals surface area contributed by atoms with Crippen LogP contribution in [0.2, 0.25) is 0 Å². The topological polar surface area (TPSA) is 94.5 Å². The predicted octanol–water partition coefficient (Wildman–Crippen LogP) is -1.58. The van der Waals surface area contributed by atoms with Crippen LogP contribution in [0.25, 0.3) is 0 Å². The minimum atomic E-state index is -0.975. The Hall–Kier alpha value is -1.83. The molecule has 1 atom stereocenters. The molecule has 0 amide bonds. The molecule has 2 aromatic heterocycles. The minimum absolute atomic E-state index is 0.216. The van der Waals surface area contributed by atoms with Crippen LogP contribution in [-0.2, 0) is 14.1 Å². The molecular weight excluding hydrogens is 186 g/mol. The smallest absolute Gasteiger partial charge is 0.209 e. The molecule has 2 rings (SSSR count). The number of aromatic nitrogens is 7. The summed E-state index contributed by atoms with van der Waals surface area (Å²) in [6, 6.07) is 0. The van der Waals surface area contributed by atoms with Crippen LogP contribution in [-0.4, -0.2) is 40.3 Å². The maximum Gasteiger partial charge on any atom is 0.209 e. The largest absolute Gasteiger partial charge is 0.378 e. The molecule has 0 saturated carbocycles. The standard InChI is InChI=1S/C6H9N7O/c1-12-3-4(7-10-12)5(14)6-8-11-13(2)9-6/h3,5,14H,1-2H3. The summed E-state index contributed by atoms with van der Waals surface area (Å²) in [5, 5.41) is 28.3. The molecule has 0 saturated heterocycles. The number of nitrogens with zero attached hydrogens (tertiary/aromatic N) is 7. The van der Waals surface area contributed by atoms with E-state index in [0.717, 1.165) is 0 Å². The summed E-state index contributed by atoms with van der Waals surface area (Å²) in [5.41, 5.74) is 0.403. The van der Waals surface area contributed by atoms with E-state index in [1.165, 1.54) is 9.48 Å². The van der Waals surface area contributed by atoms with Crippen molar-refractivity contribution in [1.82, 2.24) is 35.2 Å². The van der Waals surface area contributed by atoms with Gasteiger partial charge in [0.1, 0.15) is 5.69 Å². The van der Waals surface area contributed by atoms with Crippen LogP contribution in [0.4, 0.5) is 0 Å². The van der Waals surface area contributed by atoms with Gasteiger partial charge in [-0.2, -0.15) is 4.80 Å². The zero-order chi connectivity index (χ0) is 10.1. The van der Waals surface area contributed by atoms with Crippen LogP contribution in [0.3, 0.4) is 0 Å². The molecule has 2 heterocycles. The second kappa shape index (κ2) is 3.14.